The third kappa shape index (κ3) is 2.96. The summed E-state index contributed by atoms with van der Waals surface area (Å²) in [7, 11) is -4.46. The summed E-state index contributed by atoms with van der Waals surface area (Å²) >= 11 is 5.82. The van der Waals surface area contributed by atoms with Crippen molar-refractivity contribution in [1.82, 2.24) is 9.29 Å². The van der Waals surface area contributed by atoms with Crippen LogP contribution in [0.2, 0.25) is 5.15 Å². The van der Waals surface area contributed by atoms with Crippen LogP contribution >= 0.6 is 11.6 Å². The van der Waals surface area contributed by atoms with E-state index in [-0.39, 0.29) is 4.90 Å². The molecule has 1 aromatic heterocycles. The third-order valence-corrected chi connectivity index (χ3v) is 6.78. The molecule has 8 heteroatoms. The Morgan fingerprint density at radius 2 is 1.86 bits per heavy atom. The molecule has 0 atom stereocenters. The normalized spacial score (nSPS) is 18.1. The van der Waals surface area contributed by atoms with Crippen LogP contribution in [0.1, 0.15) is 0 Å². The molecule has 0 saturated carbocycles. The van der Waals surface area contributed by atoms with Gasteiger partial charge >= 0.3 is 0 Å². The highest BCUT2D eigenvalue weighted by Gasteiger charge is 2.28. The summed E-state index contributed by atoms with van der Waals surface area (Å²) < 4.78 is 37.9. The number of rotatable bonds is 2. The summed E-state index contributed by atoms with van der Waals surface area (Å²) in [6.07, 6.45) is 0. The Labute approximate surface area is 130 Å². The zero-order valence-electron chi connectivity index (χ0n) is 11.0. The third-order valence-electron chi connectivity index (χ3n) is 3.40. The Morgan fingerprint density at radius 3 is 2.57 bits per heavy atom. The minimum Gasteiger partial charge on any atom is -0.259 e. The van der Waals surface area contributed by atoms with Gasteiger partial charge in [0.1, 0.15) is 5.15 Å². The Bertz CT molecular complexity index is 813. The molecule has 0 unspecified atom stereocenters. The Hall–Kier alpha value is -1.02. The van der Waals surface area contributed by atoms with Gasteiger partial charge in [-0.2, -0.15) is 4.31 Å². The Balaban J connectivity index is 1.99. The molecular weight excluding hydrogens is 332 g/mol. The maximum absolute atomic E-state index is 12.6. The number of pyridine rings is 1. The van der Waals surface area contributed by atoms with Crippen LogP contribution in [0, 0.1) is 0 Å². The molecule has 112 valence electrons. The largest absolute Gasteiger partial charge is 0.259 e. The van der Waals surface area contributed by atoms with Gasteiger partial charge in [0.2, 0.25) is 10.0 Å². The van der Waals surface area contributed by atoms with Crippen LogP contribution in [0.5, 0.6) is 0 Å². The van der Waals surface area contributed by atoms with Gasteiger partial charge in [0.15, 0.2) is 0 Å². The molecular formula is C13H13ClN2O3S2. The summed E-state index contributed by atoms with van der Waals surface area (Å²) in [6.45, 7) is 0.595. The molecule has 0 bridgehead atoms. The predicted molar refractivity (Wildman–Crippen MR) is 83.4 cm³/mol. The fourth-order valence-corrected chi connectivity index (χ4v) is 5.16. The topological polar surface area (TPSA) is 67.3 Å². The van der Waals surface area contributed by atoms with E-state index in [2.05, 4.69) is 4.98 Å². The summed E-state index contributed by atoms with van der Waals surface area (Å²) in [4.78, 5) is 4.37. The monoisotopic (exact) mass is 344 g/mol. The average molecular weight is 345 g/mol. The fourth-order valence-electron chi connectivity index (χ4n) is 2.25. The fraction of sp³-hybridized carbons (Fsp3) is 0.308. The molecule has 3 rings (SSSR count). The first-order chi connectivity index (χ1) is 9.96. The number of nitrogens with zero attached hydrogens (tertiary/aromatic N) is 2. The molecule has 0 N–H and O–H groups in total. The molecule has 1 aromatic carbocycles. The van der Waals surface area contributed by atoms with Gasteiger partial charge in [-0.15, -0.1) is 0 Å². The second-order valence-corrected chi connectivity index (χ2v) is 8.76. The van der Waals surface area contributed by atoms with E-state index < -0.39 is 20.8 Å². The Morgan fingerprint density at radius 1 is 1.14 bits per heavy atom. The quantitative estimate of drug-likeness (QED) is 0.777. The van der Waals surface area contributed by atoms with Crippen molar-refractivity contribution >= 4 is 43.3 Å². The molecule has 2 aromatic rings. The molecule has 0 radical (unpaired) electrons. The number of sulfonamides is 1. The van der Waals surface area contributed by atoms with Gasteiger partial charge in [-0.3, -0.25) is 4.21 Å². The number of fused-ring (bicyclic) bond motifs is 1. The van der Waals surface area contributed by atoms with Crippen LogP contribution in [0.4, 0.5) is 0 Å². The van der Waals surface area contributed by atoms with Crippen LogP contribution in [-0.4, -0.2) is 46.5 Å². The number of halogens is 1. The number of benzene rings is 1. The van der Waals surface area contributed by atoms with Crippen molar-refractivity contribution in [3.8, 4) is 0 Å². The maximum Gasteiger partial charge on any atom is 0.243 e. The molecule has 0 spiro atoms. The first kappa shape index (κ1) is 14.9. The summed E-state index contributed by atoms with van der Waals surface area (Å²) in [6, 6.07) is 8.15. The molecule has 1 saturated heterocycles. The van der Waals surface area contributed by atoms with E-state index in [1.54, 1.807) is 24.3 Å². The van der Waals surface area contributed by atoms with E-state index in [0.717, 1.165) is 5.39 Å². The molecule has 2 heterocycles. The highest BCUT2D eigenvalue weighted by atomic mass is 35.5. The van der Waals surface area contributed by atoms with Crippen molar-refractivity contribution in [2.24, 2.45) is 0 Å². The lowest BCUT2D eigenvalue weighted by Gasteiger charge is -2.25. The number of hydrogen-bond donors (Lipinski definition) is 0. The van der Waals surface area contributed by atoms with Crippen molar-refractivity contribution in [2.45, 2.75) is 4.90 Å². The zero-order chi connectivity index (χ0) is 15.0. The lowest BCUT2D eigenvalue weighted by Crippen LogP contribution is -2.41. The van der Waals surface area contributed by atoms with Crippen molar-refractivity contribution in [2.75, 3.05) is 24.6 Å². The molecule has 1 aliphatic rings. The molecule has 0 aliphatic carbocycles. The lowest BCUT2D eigenvalue weighted by atomic mass is 10.2. The van der Waals surface area contributed by atoms with Gasteiger partial charge in [-0.25, -0.2) is 13.4 Å². The van der Waals surface area contributed by atoms with Crippen molar-refractivity contribution in [3.05, 3.63) is 35.5 Å². The van der Waals surface area contributed by atoms with Crippen LogP contribution < -0.4 is 0 Å². The lowest BCUT2D eigenvalue weighted by molar-refractivity contribution is 0.439. The van der Waals surface area contributed by atoms with E-state index in [9.17, 15) is 12.6 Å². The molecule has 5 nitrogen and oxygen atoms in total. The standard InChI is InChI=1S/C13H13ClN2O3S2/c14-13-4-1-10-9-11(2-3-12(10)15-13)21(18,19)16-5-7-20(17)8-6-16/h1-4,9H,5-8H2. The summed E-state index contributed by atoms with van der Waals surface area (Å²) in [5.74, 6) is 0.786. The van der Waals surface area contributed by atoms with Gasteiger partial charge in [-0.05, 0) is 30.3 Å². The van der Waals surface area contributed by atoms with E-state index in [0.29, 0.717) is 35.3 Å². The maximum atomic E-state index is 12.6. The minimum absolute atomic E-state index is 0.229. The van der Waals surface area contributed by atoms with Crippen LogP contribution in [0.15, 0.2) is 35.2 Å². The Kier molecular flexibility index (Phi) is 4.00. The smallest absolute Gasteiger partial charge is 0.243 e. The van der Waals surface area contributed by atoms with Gasteiger partial charge < -0.3 is 0 Å². The van der Waals surface area contributed by atoms with Crippen molar-refractivity contribution in [1.29, 1.82) is 0 Å². The number of hydrogen-bond acceptors (Lipinski definition) is 4. The van der Waals surface area contributed by atoms with E-state index in [4.69, 9.17) is 11.6 Å². The van der Waals surface area contributed by atoms with E-state index >= 15 is 0 Å². The van der Waals surface area contributed by atoms with Crippen LogP contribution in [0.3, 0.4) is 0 Å². The molecule has 1 aliphatic heterocycles. The minimum atomic E-state index is -3.55. The van der Waals surface area contributed by atoms with Gasteiger partial charge in [0.25, 0.3) is 0 Å². The van der Waals surface area contributed by atoms with Gasteiger partial charge in [-0.1, -0.05) is 11.6 Å². The van der Waals surface area contributed by atoms with Crippen molar-refractivity contribution < 1.29 is 12.6 Å². The molecule has 1 fully saturated rings. The highest BCUT2D eigenvalue weighted by molar-refractivity contribution is 7.89. The predicted octanol–water partition coefficient (Wildman–Crippen LogP) is 1.64. The van der Waals surface area contributed by atoms with E-state index in [1.807, 2.05) is 0 Å². The molecule has 21 heavy (non-hydrogen) atoms. The highest BCUT2D eigenvalue weighted by Crippen LogP contribution is 2.23. The first-order valence-electron chi connectivity index (χ1n) is 6.38. The summed E-state index contributed by atoms with van der Waals surface area (Å²) in [5, 5.41) is 1.10. The average Bonchev–Trinajstić information content (AvgIpc) is 2.47. The number of aromatic nitrogens is 1. The second kappa shape index (κ2) is 5.64. The first-order valence-corrected chi connectivity index (χ1v) is 9.69. The van der Waals surface area contributed by atoms with Crippen molar-refractivity contribution in [3.63, 3.8) is 0 Å². The van der Waals surface area contributed by atoms with E-state index in [1.165, 1.54) is 10.4 Å². The zero-order valence-corrected chi connectivity index (χ0v) is 13.4. The van der Waals surface area contributed by atoms with Gasteiger partial charge in [0.05, 0.1) is 10.4 Å². The SMILES string of the molecule is O=S1CCN(S(=O)(=O)c2ccc3nc(Cl)ccc3c2)CC1. The van der Waals surface area contributed by atoms with Gasteiger partial charge in [0, 0.05) is 40.8 Å². The molecule has 0 amide bonds. The van der Waals surface area contributed by atoms with Crippen LogP contribution in [-0.2, 0) is 20.8 Å². The second-order valence-electron chi connectivity index (χ2n) is 4.74. The summed E-state index contributed by atoms with van der Waals surface area (Å²) in [5.41, 5.74) is 0.654. The van der Waals surface area contributed by atoms with Crippen LogP contribution in [0.25, 0.3) is 10.9 Å².